The third-order valence-electron chi connectivity index (χ3n) is 9.39. The Morgan fingerprint density at radius 3 is 2.54 bits per heavy atom. The lowest BCUT2D eigenvalue weighted by Gasteiger charge is -2.39. The number of aromatic nitrogens is 4. The lowest BCUT2D eigenvalue weighted by molar-refractivity contribution is -0.149. The van der Waals surface area contributed by atoms with Gasteiger partial charge in [-0.25, -0.2) is 14.6 Å². The standard InChI is InChI=1S/C31H31F2N8O7PS/c1-17(42)38-10-7-21-4-5-23(29(45)39-14-19-13-36-41(24(19)16-39)30-34-8-2-9-35-30)40(21)28(44)22(15-38)37-27(43)26-12-18-11-20(3-6-25(18)50-26)31(32,33)49(46,47)48/h2-3,6,8-9,11-13,21-23H,4-5,7,10,14-16H2,1H3,(H,37,43)(H2,46,47,48)/t21-,22+,23+/m1/s1. The lowest BCUT2D eigenvalue weighted by atomic mass is 10.1. The molecular weight excluding hydrogens is 697 g/mol. The molecule has 3 aliphatic rings. The zero-order valence-electron chi connectivity index (χ0n) is 26.5. The number of halogens is 2. The van der Waals surface area contributed by atoms with Crippen molar-refractivity contribution in [3.05, 3.63) is 70.6 Å². The topological polar surface area (TPSA) is 191 Å². The van der Waals surface area contributed by atoms with Crippen LogP contribution in [0.4, 0.5) is 8.78 Å². The van der Waals surface area contributed by atoms with E-state index in [9.17, 15) is 32.5 Å². The number of hydrogen-bond donors (Lipinski definition) is 3. The predicted molar refractivity (Wildman–Crippen MR) is 173 cm³/mol. The summed E-state index contributed by atoms with van der Waals surface area (Å²) < 4.78 is 42.1. The number of carbonyl (C=O) groups is 4. The fourth-order valence-corrected chi connectivity index (χ4v) is 8.26. The van der Waals surface area contributed by atoms with Crippen molar-refractivity contribution in [2.75, 3.05) is 13.1 Å². The van der Waals surface area contributed by atoms with E-state index in [2.05, 4.69) is 20.4 Å². The number of nitrogens with zero attached hydrogens (tertiary/aromatic N) is 7. The third kappa shape index (κ3) is 5.95. The average Bonchev–Trinajstić information content (AvgIpc) is 3.87. The summed E-state index contributed by atoms with van der Waals surface area (Å²) in [6, 6.07) is 3.64. The molecule has 0 aliphatic carbocycles. The summed E-state index contributed by atoms with van der Waals surface area (Å²) in [6.45, 7) is 2.05. The second-order valence-electron chi connectivity index (χ2n) is 12.5. The highest BCUT2D eigenvalue weighted by Gasteiger charge is 2.51. The number of hydrogen-bond acceptors (Lipinski definition) is 9. The third-order valence-corrected chi connectivity index (χ3v) is 11.5. The van der Waals surface area contributed by atoms with E-state index in [0.717, 1.165) is 34.7 Å². The second-order valence-corrected chi connectivity index (χ2v) is 15.2. The van der Waals surface area contributed by atoms with E-state index in [1.165, 1.54) is 24.0 Å². The van der Waals surface area contributed by atoms with Gasteiger partial charge in [0.2, 0.25) is 17.7 Å². The summed E-state index contributed by atoms with van der Waals surface area (Å²) in [5.74, 6) is -1.40. The molecule has 4 amide bonds. The second kappa shape index (κ2) is 12.6. The normalized spacial score (nSPS) is 21.2. The van der Waals surface area contributed by atoms with Crippen LogP contribution in [-0.4, -0.2) is 99.1 Å². The van der Waals surface area contributed by atoms with E-state index in [1.54, 1.807) is 39.1 Å². The molecule has 3 aromatic heterocycles. The molecule has 4 aromatic rings. The van der Waals surface area contributed by atoms with E-state index in [-0.39, 0.29) is 47.8 Å². The molecule has 7 rings (SSSR count). The smallest absolute Gasteiger partial charge is 0.340 e. The Bertz CT molecular complexity index is 2070. The van der Waals surface area contributed by atoms with Crippen molar-refractivity contribution in [3.63, 3.8) is 0 Å². The van der Waals surface area contributed by atoms with E-state index >= 15 is 0 Å². The number of amides is 4. The highest BCUT2D eigenvalue weighted by atomic mass is 32.1. The van der Waals surface area contributed by atoms with Crippen LogP contribution >= 0.6 is 18.9 Å². The minimum Gasteiger partial charge on any atom is -0.340 e. The van der Waals surface area contributed by atoms with Gasteiger partial charge < -0.3 is 29.8 Å². The van der Waals surface area contributed by atoms with Crippen LogP contribution in [0.1, 0.15) is 52.7 Å². The Kier molecular flexibility index (Phi) is 8.53. The summed E-state index contributed by atoms with van der Waals surface area (Å²) in [7, 11) is -5.81. The van der Waals surface area contributed by atoms with E-state index in [4.69, 9.17) is 9.79 Å². The van der Waals surface area contributed by atoms with Crippen LogP contribution in [0.15, 0.2) is 48.9 Å². The highest BCUT2D eigenvalue weighted by molar-refractivity contribution is 7.52. The first-order valence-corrected chi connectivity index (χ1v) is 18.1. The van der Waals surface area contributed by atoms with Crippen molar-refractivity contribution in [1.29, 1.82) is 0 Å². The van der Waals surface area contributed by atoms with Crippen LogP contribution in [0.25, 0.3) is 16.0 Å². The van der Waals surface area contributed by atoms with E-state index < -0.39 is 42.7 Å². The van der Waals surface area contributed by atoms with Gasteiger partial charge in [-0.15, -0.1) is 11.3 Å². The quantitative estimate of drug-likeness (QED) is 0.249. The van der Waals surface area contributed by atoms with Crippen LogP contribution in [0, 0.1) is 0 Å². The molecular formula is C31H31F2N8O7PS. The Morgan fingerprint density at radius 1 is 1.06 bits per heavy atom. The van der Waals surface area contributed by atoms with Gasteiger partial charge in [0.15, 0.2) is 0 Å². The van der Waals surface area contributed by atoms with Crippen molar-refractivity contribution >= 4 is 52.6 Å². The number of benzene rings is 1. The van der Waals surface area contributed by atoms with Crippen LogP contribution in [0.3, 0.4) is 0 Å². The highest BCUT2D eigenvalue weighted by Crippen LogP contribution is 2.59. The Hall–Kier alpha value is -4.64. The molecule has 2 saturated heterocycles. The van der Waals surface area contributed by atoms with Crippen LogP contribution in [0.2, 0.25) is 0 Å². The molecule has 0 spiro atoms. The van der Waals surface area contributed by atoms with Crippen molar-refractivity contribution in [2.45, 2.75) is 63.1 Å². The van der Waals surface area contributed by atoms with Gasteiger partial charge in [0.05, 0.1) is 23.3 Å². The van der Waals surface area contributed by atoms with Crippen LogP contribution < -0.4 is 5.32 Å². The molecule has 0 unspecified atom stereocenters. The average molecular weight is 729 g/mol. The molecule has 3 aliphatic heterocycles. The molecule has 15 nitrogen and oxygen atoms in total. The lowest BCUT2D eigenvalue weighted by Crippen LogP contribution is -2.61. The molecule has 0 radical (unpaired) electrons. The number of alkyl halides is 2. The zero-order valence-corrected chi connectivity index (χ0v) is 28.2. The fraction of sp³-hybridized carbons (Fsp3) is 0.387. The van der Waals surface area contributed by atoms with Gasteiger partial charge >= 0.3 is 13.3 Å². The van der Waals surface area contributed by atoms with Gasteiger partial charge in [-0.3, -0.25) is 23.7 Å². The first-order chi connectivity index (χ1) is 23.7. The largest absolute Gasteiger partial charge is 0.399 e. The van der Waals surface area contributed by atoms with Crippen LogP contribution in [0.5, 0.6) is 0 Å². The maximum atomic E-state index is 14.4. The van der Waals surface area contributed by atoms with Gasteiger partial charge in [0.1, 0.15) is 12.1 Å². The minimum absolute atomic E-state index is 0.0535. The number of fused-ring (bicyclic) bond motifs is 3. The predicted octanol–water partition coefficient (Wildman–Crippen LogP) is 2.36. The molecule has 3 atom stereocenters. The summed E-state index contributed by atoms with van der Waals surface area (Å²) in [5, 5.41) is 7.24. The molecule has 0 bridgehead atoms. The Morgan fingerprint density at radius 2 is 1.82 bits per heavy atom. The number of rotatable bonds is 6. The number of thiophene rings is 1. The van der Waals surface area contributed by atoms with Crippen molar-refractivity contribution in [3.8, 4) is 5.95 Å². The maximum Gasteiger partial charge on any atom is 0.399 e. The van der Waals surface area contributed by atoms with E-state index in [0.29, 0.717) is 36.5 Å². The minimum atomic E-state index is -5.81. The fourth-order valence-electron chi connectivity index (χ4n) is 6.84. The SMILES string of the molecule is CC(=O)N1CC[C@H]2CC[C@@H](C(=O)N3Cc4cnn(-c5ncccn5)c4C3)N2C(=O)[C@@H](NC(=O)c2cc3cc(C(F)(F)P(=O)(O)O)ccc3s2)C1. The van der Waals surface area contributed by atoms with Crippen LogP contribution in [-0.2, 0) is 37.7 Å². The molecule has 2 fully saturated rings. The van der Waals surface area contributed by atoms with Crippen molar-refractivity contribution < 1.29 is 42.3 Å². The van der Waals surface area contributed by atoms with Gasteiger partial charge in [0, 0.05) is 60.8 Å². The van der Waals surface area contributed by atoms with Gasteiger partial charge in [-0.05, 0) is 48.9 Å². The van der Waals surface area contributed by atoms with Gasteiger partial charge in [-0.2, -0.15) is 13.9 Å². The molecule has 50 heavy (non-hydrogen) atoms. The van der Waals surface area contributed by atoms with E-state index in [1.807, 2.05) is 0 Å². The maximum absolute atomic E-state index is 14.4. The summed E-state index contributed by atoms with van der Waals surface area (Å²) in [4.78, 5) is 86.0. The van der Waals surface area contributed by atoms with Crippen molar-refractivity contribution in [2.24, 2.45) is 0 Å². The zero-order chi connectivity index (χ0) is 35.5. The molecule has 3 N–H and O–H groups in total. The summed E-state index contributed by atoms with van der Waals surface area (Å²) in [6.07, 6.45) is 6.23. The number of carbonyl (C=O) groups excluding carboxylic acids is 4. The van der Waals surface area contributed by atoms with Crippen molar-refractivity contribution in [1.82, 2.24) is 39.8 Å². The molecule has 0 saturated carbocycles. The van der Waals surface area contributed by atoms with Gasteiger partial charge in [0.25, 0.3) is 11.9 Å². The summed E-state index contributed by atoms with van der Waals surface area (Å²) in [5.41, 5.74) is -3.73. The first-order valence-electron chi connectivity index (χ1n) is 15.7. The Balaban J connectivity index is 1.12. The summed E-state index contributed by atoms with van der Waals surface area (Å²) >= 11 is 0.941. The van der Waals surface area contributed by atoms with Gasteiger partial charge in [-0.1, -0.05) is 6.07 Å². The monoisotopic (exact) mass is 728 g/mol. The molecule has 262 valence electrons. The molecule has 6 heterocycles. The molecule has 19 heteroatoms. The molecule has 1 aromatic carbocycles. The number of nitrogens with one attached hydrogen (secondary N) is 1. The first kappa shape index (κ1) is 33.8. The Labute approximate surface area is 287 Å².